The fraction of sp³-hybridized carbons (Fsp3) is 0.370. The van der Waals surface area contributed by atoms with E-state index in [2.05, 4.69) is 48.9 Å². The SMILES string of the molecule is CC1CN(C(=O)CCCSc2nnc3c4ccccc4n(Cc4ccc(Br)cc4)c3n2)CCN1C(=O)C(Cl)Cl. The fourth-order valence-corrected chi connectivity index (χ4v) is 6.10. The van der Waals surface area contributed by atoms with Crippen molar-refractivity contribution in [2.24, 2.45) is 0 Å². The lowest BCUT2D eigenvalue weighted by Crippen LogP contribution is -2.56. The molecule has 1 aliphatic rings. The number of alkyl halides is 2. The molecule has 12 heteroatoms. The van der Waals surface area contributed by atoms with E-state index in [1.165, 1.54) is 11.8 Å². The molecule has 0 N–H and O–H groups in total. The van der Waals surface area contributed by atoms with E-state index in [1.807, 2.05) is 37.3 Å². The summed E-state index contributed by atoms with van der Waals surface area (Å²) >= 11 is 16.5. The molecule has 2 aromatic heterocycles. The van der Waals surface area contributed by atoms with Gasteiger partial charge in [-0.15, -0.1) is 10.2 Å². The molecule has 1 fully saturated rings. The Morgan fingerprint density at radius 1 is 1.10 bits per heavy atom. The Hall–Kier alpha value is -2.40. The maximum Gasteiger partial charge on any atom is 0.256 e. The first-order valence-electron chi connectivity index (χ1n) is 12.7. The lowest BCUT2D eigenvalue weighted by molar-refractivity contribution is -0.141. The number of amides is 2. The Balaban J connectivity index is 1.22. The van der Waals surface area contributed by atoms with E-state index in [1.54, 1.807) is 9.80 Å². The highest BCUT2D eigenvalue weighted by Crippen LogP contribution is 2.28. The Labute approximate surface area is 249 Å². The highest BCUT2D eigenvalue weighted by molar-refractivity contribution is 9.10. The quantitative estimate of drug-likeness (QED) is 0.142. The minimum atomic E-state index is -1.08. The lowest BCUT2D eigenvalue weighted by Gasteiger charge is -2.40. The van der Waals surface area contributed by atoms with Gasteiger partial charge in [0.2, 0.25) is 11.1 Å². The van der Waals surface area contributed by atoms with E-state index in [9.17, 15) is 9.59 Å². The van der Waals surface area contributed by atoms with Crippen molar-refractivity contribution in [3.63, 3.8) is 0 Å². The van der Waals surface area contributed by atoms with Crippen LogP contribution in [0.5, 0.6) is 0 Å². The van der Waals surface area contributed by atoms with Crippen molar-refractivity contribution in [2.45, 2.75) is 42.3 Å². The van der Waals surface area contributed by atoms with Gasteiger partial charge in [-0.1, -0.05) is 81.2 Å². The molecule has 0 radical (unpaired) electrons. The first kappa shape index (κ1) is 28.1. The number of nitrogens with zero attached hydrogens (tertiary/aromatic N) is 6. The summed E-state index contributed by atoms with van der Waals surface area (Å²) in [6.45, 7) is 3.96. The summed E-state index contributed by atoms with van der Waals surface area (Å²) in [5, 5.41) is 10.5. The first-order valence-corrected chi connectivity index (χ1v) is 15.3. The van der Waals surface area contributed by atoms with Crippen LogP contribution < -0.4 is 0 Å². The molecule has 1 unspecified atom stereocenters. The number of para-hydroxylation sites is 1. The number of hydrogen-bond acceptors (Lipinski definition) is 6. The lowest BCUT2D eigenvalue weighted by atomic mass is 10.1. The van der Waals surface area contributed by atoms with Crippen LogP contribution >= 0.6 is 50.9 Å². The van der Waals surface area contributed by atoms with Gasteiger partial charge >= 0.3 is 0 Å². The predicted octanol–water partition coefficient (Wildman–Crippen LogP) is 5.53. The number of hydrogen-bond donors (Lipinski definition) is 0. The van der Waals surface area contributed by atoms with Crippen LogP contribution in [0.1, 0.15) is 25.3 Å². The molecule has 204 valence electrons. The smallest absolute Gasteiger partial charge is 0.256 e. The average Bonchev–Trinajstić information content (AvgIpc) is 3.24. The van der Waals surface area contributed by atoms with E-state index < -0.39 is 4.84 Å². The molecule has 0 spiro atoms. The van der Waals surface area contributed by atoms with Crippen LogP contribution in [0, 0.1) is 0 Å². The first-order chi connectivity index (χ1) is 18.8. The Morgan fingerprint density at radius 3 is 2.62 bits per heavy atom. The molecule has 0 bridgehead atoms. The van der Waals surface area contributed by atoms with E-state index >= 15 is 0 Å². The van der Waals surface area contributed by atoms with Gasteiger partial charge in [0.25, 0.3) is 5.91 Å². The minimum absolute atomic E-state index is 0.0759. The predicted molar refractivity (Wildman–Crippen MR) is 159 cm³/mol. The summed E-state index contributed by atoms with van der Waals surface area (Å²) in [6, 6.07) is 16.3. The fourth-order valence-electron chi connectivity index (χ4n) is 4.86. The van der Waals surface area contributed by atoms with Crippen LogP contribution in [0.15, 0.2) is 58.2 Å². The van der Waals surface area contributed by atoms with Crippen molar-refractivity contribution in [3.05, 3.63) is 58.6 Å². The van der Waals surface area contributed by atoms with E-state index in [-0.39, 0.29) is 17.9 Å². The molecule has 3 heterocycles. The molecule has 5 rings (SSSR count). The van der Waals surface area contributed by atoms with Crippen LogP contribution in [-0.4, -0.2) is 77.6 Å². The van der Waals surface area contributed by atoms with Gasteiger partial charge in [0.1, 0.15) is 5.52 Å². The second kappa shape index (κ2) is 12.4. The second-order valence-electron chi connectivity index (χ2n) is 9.47. The summed E-state index contributed by atoms with van der Waals surface area (Å²) in [4.78, 5) is 32.2. The summed E-state index contributed by atoms with van der Waals surface area (Å²) in [6.07, 6.45) is 1.10. The Kier molecular flexibility index (Phi) is 8.96. The minimum Gasteiger partial charge on any atom is -0.339 e. The monoisotopic (exact) mass is 648 g/mol. The van der Waals surface area contributed by atoms with Crippen molar-refractivity contribution >= 4 is 84.8 Å². The largest absolute Gasteiger partial charge is 0.339 e. The Bertz CT molecular complexity index is 1500. The maximum absolute atomic E-state index is 12.8. The Morgan fingerprint density at radius 2 is 1.87 bits per heavy atom. The van der Waals surface area contributed by atoms with Crippen LogP contribution in [0.4, 0.5) is 0 Å². The van der Waals surface area contributed by atoms with Crippen LogP contribution in [0.3, 0.4) is 0 Å². The van der Waals surface area contributed by atoms with Crippen molar-refractivity contribution in [2.75, 3.05) is 25.4 Å². The average molecular weight is 650 g/mol. The molecule has 8 nitrogen and oxygen atoms in total. The van der Waals surface area contributed by atoms with E-state index in [0.717, 1.165) is 32.1 Å². The molecule has 1 saturated heterocycles. The van der Waals surface area contributed by atoms with Crippen molar-refractivity contribution in [1.29, 1.82) is 0 Å². The van der Waals surface area contributed by atoms with E-state index in [4.69, 9.17) is 28.2 Å². The van der Waals surface area contributed by atoms with Gasteiger partial charge < -0.3 is 14.4 Å². The third kappa shape index (κ3) is 6.34. The van der Waals surface area contributed by atoms with Crippen LogP contribution in [0.25, 0.3) is 22.1 Å². The summed E-state index contributed by atoms with van der Waals surface area (Å²) in [5.74, 6) is 0.461. The van der Waals surface area contributed by atoms with Crippen molar-refractivity contribution < 1.29 is 9.59 Å². The standard InChI is InChI=1S/C27H27BrCl2N6O2S/c1-17-15-34(12-13-35(17)26(38)24(29)30)22(37)7-4-14-39-27-31-25-23(32-33-27)20-5-2-3-6-21(20)36(25)16-18-8-10-19(28)11-9-18/h2-3,5-6,8-11,17,24H,4,7,12-16H2,1H3. The number of carbonyl (C=O) groups excluding carboxylic acids is 2. The molecule has 4 aromatic rings. The summed E-state index contributed by atoms with van der Waals surface area (Å²) < 4.78 is 3.22. The molecule has 1 atom stereocenters. The van der Waals surface area contributed by atoms with Crippen LogP contribution in [-0.2, 0) is 16.1 Å². The molecular formula is C27H27BrCl2N6O2S. The zero-order chi connectivity index (χ0) is 27.5. The number of carbonyl (C=O) groups is 2. The third-order valence-corrected chi connectivity index (χ3v) is 8.65. The summed E-state index contributed by atoms with van der Waals surface area (Å²) in [5.41, 5.74) is 3.80. The zero-order valence-corrected chi connectivity index (χ0v) is 25.2. The van der Waals surface area contributed by atoms with Gasteiger partial charge in [-0.05, 0) is 37.1 Å². The van der Waals surface area contributed by atoms with Crippen LogP contribution in [0.2, 0.25) is 0 Å². The molecule has 0 aliphatic carbocycles. The van der Waals surface area contributed by atoms with Gasteiger partial charge in [-0.3, -0.25) is 9.59 Å². The van der Waals surface area contributed by atoms with Gasteiger partial charge in [0.15, 0.2) is 10.5 Å². The van der Waals surface area contributed by atoms with E-state index in [0.29, 0.717) is 49.9 Å². The van der Waals surface area contributed by atoms with Gasteiger partial charge in [0.05, 0.1) is 5.52 Å². The molecule has 0 saturated carbocycles. The molecule has 1 aliphatic heterocycles. The topological polar surface area (TPSA) is 84.2 Å². The van der Waals surface area contributed by atoms with Gasteiger partial charge in [-0.25, -0.2) is 4.98 Å². The third-order valence-electron chi connectivity index (χ3n) is 6.82. The highest BCUT2D eigenvalue weighted by atomic mass is 79.9. The normalized spacial score (nSPS) is 16.0. The number of fused-ring (bicyclic) bond motifs is 3. The maximum atomic E-state index is 12.8. The number of aromatic nitrogens is 4. The molecule has 2 aromatic carbocycles. The number of benzene rings is 2. The number of halogens is 3. The molecular weight excluding hydrogens is 623 g/mol. The highest BCUT2D eigenvalue weighted by Gasteiger charge is 2.31. The van der Waals surface area contributed by atoms with Crippen molar-refractivity contribution in [3.8, 4) is 0 Å². The molecule has 2 amide bonds. The van der Waals surface area contributed by atoms with Gasteiger partial charge in [-0.2, -0.15) is 0 Å². The number of rotatable bonds is 8. The zero-order valence-electron chi connectivity index (χ0n) is 21.3. The molecule has 39 heavy (non-hydrogen) atoms. The number of piperazine rings is 1. The second-order valence-corrected chi connectivity index (χ2v) is 12.5. The number of thioether (sulfide) groups is 1. The van der Waals surface area contributed by atoms with Gasteiger partial charge in [0, 0.05) is 54.3 Å². The van der Waals surface area contributed by atoms with Crippen molar-refractivity contribution in [1.82, 2.24) is 29.5 Å². The summed E-state index contributed by atoms with van der Waals surface area (Å²) in [7, 11) is 0.